The minimum absolute atomic E-state index is 0.149. The van der Waals surface area contributed by atoms with Crippen LogP contribution in [0.4, 0.5) is 4.79 Å². The molecule has 4 heteroatoms. The van der Waals surface area contributed by atoms with E-state index in [0.29, 0.717) is 6.42 Å². The first kappa shape index (κ1) is 10.9. The Kier molecular flexibility index (Phi) is 4.27. The SMILES string of the molecule is CC(CC#CCN1CCC1)NC(=O)[O-]. The van der Waals surface area contributed by atoms with Crippen molar-refractivity contribution >= 4 is 6.09 Å². The second-order valence-electron chi connectivity index (χ2n) is 3.52. The van der Waals surface area contributed by atoms with E-state index >= 15 is 0 Å². The van der Waals surface area contributed by atoms with E-state index < -0.39 is 6.09 Å². The summed E-state index contributed by atoms with van der Waals surface area (Å²) < 4.78 is 0. The fraction of sp³-hybridized carbons (Fsp3) is 0.700. The third-order valence-corrected chi connectivity index (χ3v) is 2.15. The third kappa shape index (κ3) is 4.15. The quantitative estimate of drug-likeness (QED) is 0.612. The van der Waals surface area contributed by atoms with E-state index in [9.17, 15) is 9.90 Å². The van der Waals surface area contributed by atoms with E-state index in [1.54, 1.807) is 6.92 Å². The molecule has 0 saturated carbocycles. The van der Waals surface area contributed by atoms with Crippen molar-refractivity contribution in [3.63, 3.8) is 0 Å². The van der Waals surface area contributed by atoms with Gasteiger partial charge in [0.15, 0.2) is 0 Å². The van der Waals surface area contributed by atoms with E-state index in [0.717, 1.165) is 19.6 Å². The summed E-state index contributed by atoms with van der Waals surface area (Å²) in [5.74, 6) is 5.96. The topological polar surface area (TPSA) is 55.4 Å². The minimum Gasteiger partial charge on any atom is -0.530 e. The molecule has 1 heterocycles. The van der Waals surface area contributed by atoms with Gasteiger partial charge in [0.05, 0.1) is 6.54 Å². The van der Waals surface area contributed by atoms with Gasteiger partial charge in [0.25, 0.3) is 0 Å². The Morgan fingerprint density at radius 3 is 2.79 bits per heavy atom. The van der Waals surface area contributed by atoms with Gasteiger partial charge < -0.3 is 15.2 Å². The van der Waals surface area contributed by atoms with Crippen LogP contribution in [-0.4, -0.2) is 36.7 Å². The molecule has 1 rings (SSSR count). The molecule has 1 atom stereocenters. The van der Waals surface area contributed by atoms with Crippen LogP contribution < -0.4 is 10.4 Å². The van der Waals surface area contributed by atoms with E-state index in [2.05, 4.69) is 22.1 Å². The number of nitrogens with one attached hydrogen (secondary N) is 1. The Hall–Kier alpha value is -1.21. The standard InChI is InChI=1S/C10H16N2O2/c1-9(11-10(13)14)5-2-3-6-12-7-4-8-12/h9,11H,4-8H2,1H3,(H,13,14)/p-1. The van der Waals surface area contributed by atoms with Gasteiger partial charge in [0.2, 0.25) is 0 Å². The molecule has 1 unspecified atom stereocenters. The molecule has 0 spiro atoms. The second-order valence-corrected chi connectivity index (χ2v) is 3.52. The minimum atomic E-state index is -1.23. The normalized spacial score (nSPS) is 17.5. The Bertz CT molecular complexity index is 251. The molecular formula is C10H15N2O2-. The number of carboxylic acid groups (broad SMARTS) is 1. The first-order chi connectivity index (χ1) is 6.68. The zero-order valence-corrected chi connectivity index (χ0v) is 8.38. The molecule has 1 aliphatic rings. The fourth-order valence-corrected chi connectivity index (χ4v) is 1.19. The largest absolute Gasteiger partial charge is 0.530 e. The predicted octanol–water partition coefficient (Wildman–Crippen LogP) is -0.593. The Morgan fingerprint density at radius 1 is 1.57 bits per heavy atom. The monoisotopic (exact) mass is 195 g/mol. The van der Waals surface area contributed by atoms with Crippen LogP contribution in [0.2, 0.25) is 0 Å². The van der Waals surface area contributed by atoms with E-state index in [1.807, 2.05) is 0 Å². The van der Waals surface area contributed by atoms with Crippen molar-refractivity contribution in [2.75, 3.05) is 19.6 Å². The average molecular weight is 195 g/mol. The maximum absolute atomic E-state index is 10.1. The molecular weight excluding hydrogens is 180 g/mol. The molecule has 0 aromatic carbocycles. The summed E-state index contributed by atoms with van der Waals surface area (Å²) in [4.78, 5) is 12.4. The lowest BCUT2D eigenvalue weighted by Gasteiger charge is -2.28. The molecule has 0 aliphatic carbocycles. The summed E-state index contributed by atoms with van der Waals surface area (Å²) in [5.41, 5.74) is 0. The summed E-state index contributed by atoms with van der Waals surface area (Å²) in [6.45, 7) is 4.86. The fourth-order valence-electron chi connectivity index (χ4n) is 1.19. The highest BCUT2D eigenvalue weighted by atomic mass is 16.4. The predicted molar refractivity (Wildman–Crippen MR) is 51.4 cm³/mol. The highest BCUT2D eigenvalue weighted by Crippen LogP contribution is 2.02. The van der Waals surface area contributed by atoms with Crippen LogP contribution in [0.25, 0.3) is 0 Å². The molecule has 1 amide bonds. The zero-order chi connectivity index (χ0) is 10.4. The van der Waals surface area contributed by atoms with Crippen molar-refractivity contribution in [2.24, 2.45) is 0 Å². The summed E-state index contributed by atoms with van der Waals surface area (Å²) in [6.07, 6.45) is 0.577. The summed E-state index contributed by atoms with van der Waals surface area (Å²) in [6, 6.07) is -0.149. The second kappa shape index (κ2) is 5.51. The molecule has 4 nitrogen and oxygen atoms in total. The zero-order valence-electron chi connectivity index (χ0n) is 8.38. The molecule has 0 radical (unpaired) electrons. The van der Waals surface area contributed by atoms with Gasteiger partial charge in [-0.25, -0.2) is 0 Å². The van der Waals surface area contributed by atoms with Crippen LogP contribution in [0.3, 0.4) is 0 Å². The van der Waals surface area contributed by atoms with E-state index in [-0.39, 0.29) is 6.04 Å². The van der Waals surface area contributed by atoms with Crippen LogP contribution in [0.1, 0.15) is 19.8 Å². The van der Waals surface area contributed by atoms with Crippen LogP contribution in [0.5, 0.6) is 0 Å². The van der Waals surface area contributed by atoms with Gasteiger partial charge in [-0.1, -0.05) is 11.8 Å². The van der Waals surface area contributed by atoms with Crippen molar-refractivity contribution in [3.05, 3.63) is 0 Å². The van der Waals surface area contributed by atoms with Crippen LogP contribution in [0.15, 0.2) is 0 Å². The maximum atomic E-state index is 10.1. The summed E-state index contributed by atoms with van der Waals surface area (Å²) in [5, 5.41) is 12.4. The molecule has 1 N–H and O–H groups in total. The lowest BCUT2D eigenvalue weighted by molar-refractivity contribution is -0.251. The highest BCUT2D eigenvalue weighted by Gasteiger charge is 2.10. The van der Waals surface area contributed by atoms with Gasteiger partial charge in [-0.3, -0.25) is 4.90 Å². The molecule has 1 saturated heterocycles. The number of amides is 1. The van der Waals surface area contributed by atoms with Crippen molar-refractivity contribution < 1.29 is 9.90 Å². The van der Waals surface area contributed by atoms with Gasteiger partial charge in [-0.2, -0.15) is 0 Å². The molecule has 14 heavy (non-hydrogen) atoms. The number of likely N-dealkylation sites (tertiary alicyclic amines) is 1. The Morgan fingerprint density at radius 2 is 2.29 bits per heavy atom. The Labute approximate surface area is 84.3 Å². The van der Waals surface area contributed by atoms with Crippen molar-refractivity contribution in [2.45, 2.75) is 25.8 Å². The number of rotatable bonds is 3. The van der Waals surface area contributed by atoms with Gasteiger partial charge >= 0.3 is 0 Å². The van der Waals surface area contributed by atoms with Gasteiger partial charge in [-0.15, -0.1) is 0 Å². The van der Waals surface area contributed by atoms with Crippen molar-refractivity contribution in [3.8, 4) is 11.8 Å². The molecule has 78 valence electrons. The van der Waals surface area contributed by atoms with Gasteiger partial charge in [-0.05, 0) is 13.3 Å². The lowest BCUT2D eigenvalue weighted by Crippen LogP contribution is -2.41. The van der Waals surface area contributed by atoms with Crippen LogP contribution >= 0.6 is 0 Å². The molecule has 0 aromatic rings. The first-order valence-corrected chi connectivity index (χ1v) is 4.84. The van der Waals surface area contributed by atoms with Gasteiger partial charge in [0.1, 0.15) is 6.09 Å². The molecule has 0 aromatic heterocycles. The summed E-state index contributed by atoms with van der Waals surface area (Å²) in [7, 11) is 0. The number of nitrogens with zero attached hydrogens (tertiary/aromatic N) is 1. The number of carbonyl (C=O) groups excluding carboxylic acids is 1. The van der Waals surface area contributed by atoms with Crippen molar-refractivity contribution in [1.29, 1.82) is 0 Å². The third-order valence-electron chi connectivity index (χ3n) is 2.15. The van der Waals surface area contributed by atoms with Crippen LogP contribution in [0, 0.1) is 11.8 Å². The average Bonchev–Trinajstić information content (AvgIpc) is 1.99. The summed E-state index contributed by atoms with van der Waals surface area (Å²) >= 11 is 0. The van der Waals surface area contributed by atoms with Crippen LogP contribution in [-0.2, 0) is 0 Å². The maximum Gasteiger partial charge on any atom is 0.134 e. The van der Waals surface area contributed by atoms with Crippen molar-refractivity contribution in [1.82, 2.24) is 10.2 Å². The Balaban J connectivity index is 2.07. The molecule has 1 fully saturated rings. The number of carbonyl (C=O) groups is 1. The number of hydrogen-bond donors (Lipinski definition) is 1. The molecule has 0 bridgehead atoms. The molecule has 1 aliphatic heterocycles. The first-order valence-electron chi connectivity index (χ1n) is 4.84. The van der Waals surface area contributed by atoms with Gasteiger partial charge in [0, 0.05) is 25.6 Å². The highest BCUT2D eigenvalue weighted by molar-refractivity contribution is 5.62. The van der Waals surface area contributed by atoms with E-state index in [4.69, 9.17) is 0 Å². The lowest BCUT2D eigenvalue weighted by atomic mass is 10.2. The van der Waals surface area contributed by atoms with E-state index in [1.165, 1.54) is 6.42 Å². The number of hydrogen-bond acceptors (Lipinski definition) is 3. The smallest absolute Gasteiger partial charge is 0.134 e.